The summed E-state index contributed by atoms with van der Waals surface area (Å²) in [6.07, 6.45) is 3.30. The van der Waals surface area contributed by atoms with Gasteiger partial charge in [-0.05, 0) is 24.8 Å². The molecule has 0 saturated heterocycles. The maximum atomic E-state index is 4.71. The fourth-order valence-corrected chi connectivity index (χ4v) is 3.51. The molecule has 1 aliphatic rings. The highest BCUT2D eigenvalue weighted by atomic mass is 15.3. The van der Waals surface area contributed by atoms with Crippen LogP contribution in [0.4, 0.5) is 0 Å². The summed E-state index contributed by atoms with van der Waals surface area (Å²) in [6, 6.07) is 11.2. The summed E-state index contributed by atoms with van der Waals surface area (Å²) < 4.78 is 1.91. The summed E-state index contributed by atoms with van der Waals surface area (Å²) in [4.78, 5) is 6.93. The van der Waals surface area contributed by atoms with Gasteiger partial charge in [0.05, 0.1) is 5.69 Å². The van der Waals surface area contributed by atoms with Gasteiger partial charge in [-0.3, -0.25) is 9.67 Å². The maximum absolute atomic E-state index is 4.71. The van der Waals surface area contributed by atoms with E-state index in [0.717, 1.165) is 19.0 Å². The van der Waals surface area contributed by atoms with E-state index in [2.05, 4.69) is 79.7 Å². The maximum Gasteiger partial charge on any atom is 0.194 e. The third kappa shape index (κ3) is 4.26. The standard InChI is InChI=1S/C21H31N5/c1-6-22-21(23-19-12-18(19)16-10-8-7-9-11-16)25(4)13-17-14-26(5)24-20(17)15(2)3/h7-11,14-15,18-19H,6,12-13H2,1-5H3,(H,22,23). The van der Waals surface area contributed by atoms with Gasteiger partial charge in [-0.2, -0.15) is 5.10 Å². The monoisotopic (exact) mass is 353 g/mol. The van der Waals surface area contributed by atoms with Crippen LogP contribution >= 0.6 is 0 Å². The Morgan fingerprint density at radius 1 is 1.35 bits per heavy atom. The van der Waals surface area contributed by atoms with Crippen molar-refractivity contribution >= 4 is 5.96 Å². The zero-order chi connectivity index (χ0) is 18.7. The number of aryl methyl sites for hydroxylation is 1. The third-order valence-electron chi connectivity index (χ3n) is 4.89. The van der Waals surface area contributed by atoms with Crippen molar-refractivity contribution in [3.8, 4) is 0 Å². The smallest absolute Gasteiger partial charge is 0.194 e. The van der Waals surface area contributed by atoms with Crippen molar-refractivity contribution in [2.75, 3.05) is 13.6 Å². The predicted octanol–water partition coefficient (Wildman–Crippen LogP) is 3.50. The Balaban J connectivity index is 1.66. The first-order valence-electron chi connectivity index (χ1n) is 9.59. The zero-order valence-electron chi connectivity index (χ0n) is 16.6. The van der Waals surface area contributed by atoms with Crippen LogP contribution in [0, 0.1) is 0 Å². The second kappa shape index (κ2) is 7.94. The molecule has 1 saturated carbocycles. The van der Waals surface area contributed by atoms with Crippen LogP contribution in [0.15, 0.2) is 41.5 Å². The molecule has 1 aromatic carbocycles. The van der Waals surface area contributed by atoms with Crippen molar-refractivity contribution in [3.05, 3.63) is 53.3 Å². The van der Waals surface area contributed by atoms with Crippen LogP contribution < -0.4 is 5.32 Å². The molecule has 1 fully saturated rings. The summed E-state index contributed by atoms with van der Waals surface area (Å²) in [5.74, 6) is 2.00. The number of hydrogen-bond acceptors (Lipinski definition) is 2. The average molecular weight is 354 g/mol. The van der Waals surface area contributed by atoms with Gasteiger partial charge in [0.25, 0.3) is 0 Å². The molecule has 5 heteroatoms. The van der Waals surface area contributed by atoms with E-state index in [4.69, 9.17) is 4.99 Å². The minimum atomic E-state index is 0.421. The number of rotatable bonds is 6. The van der Waals surface area contributed by atoms with Crippen LogP contribution in [0.25, 0.3) is 0 Å². The van der Waals surface area contributed by atoms with Crippen LogP contribution in [-0.2, 0) is 13.6 Å². The van der Waals surface area contributed by atoms with E-state index in [9.17, 15) is 0 Å². The van der Waals surface area contributed by atoms with Crippen molar-refractivity contribution in [1.29, 1.82) is 0 Å². The Kier molecular flexibility index (Phi) is 5.64. The first kappa shape index (κ1) is 18.5. The molecule has 1 aliphatic carbocycles. The molecular formula is C21H31N5. The number of benzene rings is 1. The number of nitrogens with one attached hydrogen (secondary N) is 1. The highest BCUT2D eigenvalue weighted by molar-refractivity contribution is 5.80. The van der Waals surface area contributed by atoms with Gasteiger partial charge in [0, 0.05) is 50.9 Å². The van der Waals surface area contributed by atoms with E-state index < -0.39 is 0 Å². The lowest BCUT2D eigenvalue weighted by Crippen LogP contribution is -2.40. The van der Waals surface area contributed by atoms with Gasteiger partial charge in [0.1, 0.15) is 0 Å². The molecule has 1 N–H and O–H groups in total. The van der Waals surface area contributed by atoms with Gasteiger partial charge >= 0.3 is 0 Å². The number of nitrogens with zero attached hydrogens (tertiary/aromatic N) is 4. The van der Waals surface area contributed by atoms with Crippen molar-refractivity contribution in [1.82, 2.24) is 20.0 Å². The highest BCUT2D eigenvalue weighted by Crippen LogP contribution is 2.40. The van der Waals surface area contributed by atoms with E-state index in [0.29, 0.717) is 17.9 Å². The molecule has 3 rings (SSSR count). The second-order valence-corrected chi connectivity index (χ2v) is 7.53. The van der Waals surface area contributed by atoms with Gasteiger partial charge in [-0.25, -0.2) is 0 Å². The molecule has 0 spiro atoms. The highest BCUT2D eigenvalue weighted by Gasteiger charge is 2.39. The fraction of sp³-hybridized carbons (Fsp3) is 0.524. The first-order chi connectivity index (χ1) is 12.5. The lowest BCUT2D eigenvalue weighted by molar-refractivity contribution is 0.471. The summed E-state index contributed by atoms with van der Waals surface area (Å²) >= 11 is 0. The lowest BCUT2D eigenvalue weighted by Gasteiger charge is -2.23. The van der Waals surface area contributed by atoms with Crippen molar-refractivity contribution in [2.24, 2.45) is 12.0 Å². The van der Waals surface area contributed by atoms with Gasteiger partial charge in [0.15, 0.2) is 5.96 Å². The van der Waals surface area contributed by atoms with Crippen molar-refractivity contribution in [3.63, 3.8) is 0 Å². The van der Waals surface area contributed by atoms with Crippen molar-refractivity contribution < 1.29 is 0 Å². The summed E-state index contributed by atoms with van der Waals surface area (Å²) in [5.41, 5.74) is 3.85. The van der Waals surface area contributed by atoms with Gasteiger partial charge < -0.3 is 10.2 Å². The average Bonchev–Trinajstić information content (AvgIpc) is 3.29. The summed E-state index contributed by atoms with van der Waals surface area (Å²) in [5, 5.41) is 8.29. The molecule has 5 nitrogen and oxygen atoms in total. The Hall–Kier alpha value is -2.30. The molecule has 1 aromatic heterocycles. The van der Waals surface area contributed by atoms with E-state index in [1.165, 1.54) is 23.2 Å². The molecule has 0 radical (unpaired) electrons. The number of aliphatic imine (C=N–C) groups is 1. The van der Waals surface area contributed by atoms with E-state index in [-0.39, 0.29) is 0 Å². The van der Waals surface area contributed by atoms with Crippen LogP contribution in [0.3, 0.4) is 0 Å². The first-order valence-corrected chi connectivity index (χ1v) is 9.59. The predicted molar refractivity (Wildman–Crippen MR) is 107 cm³/mol. The van der Waals surface area contributed by atoms with Crippen molar-refractivity contribution in [2.45, 2.75) is 51.6 Å². The number of hydrogen-bond donors (Lipinski definition) is 1. The molecule has 2 unspecified atom stereocenters. The third-order valence-corrected chi connectivity index (χ3v) is 4.89. The van der Waals surface area contributed by atoms with Crippen LogP contribution in [0.2, 0.25) is 0 Å². The Labute approximate surface area is 157 Å². The Morgan fingerprint density at radius 3 is 2.73 bits per heavy atom. The topological polar surface area (TPSA) is 45.5 Å². The zero-order valence-corrected chi connectivity index (χ0v) is 16.6. The quantitative estimate of drug-likeness (QED) is 0.639. The molecule has 0 amide bonds. The lowest BCUT2D eigenvalue weighted by atomic mass is 10.1. The number of guanidine groups is 1. The van der Waals surface area contributed by atoms with Crippen LogP contribution in [-0.4, -0.2) is 40.3 Å². The van der Waals surface area contributed by atoms with Gasteiger partial charge in [-0.15, -0.1) is 0 Å². The second-order valence-electron chi connectivity index (χ2n) is 7.53. The molecule has 26 heavy (non-hydrogen) atoms. The van der Waals surface area contributed by atoms with E-state index in [1.54, 1.807) is 0 Å². The SMILES string of the molecule is CCN=C(NC1CC1c1ccccc1)N(C)Cc1cn(C)nc1C(C)C. The molecule has 1 heterocycles. The fourth-order valence-electron chi connectivity index (χ4n) is 3.51. The van der Waals surface area contributed by atoms with Crippen LogP contribution in [0.1, 0.15) is 55.8 Å². The molecule has 140 valence electrons. The Morgan fingerprint density at radius 2 is 2.08 bits per heavy atom. The van der Waals surface area contributed by atoms with Gasteiger partial charge in [0.2, 0.25) is 0 Å². The van der Waals surface area contributed by atoms with Gasteiger partial charge in [-0.1, -0.05) is 44.2 Å². The van der Waals surface area contributed by atoms with E-state index in [1.807, 2.05) is 11.7 Å². The number of aromatic nitrogens is 2. The normalized spacial score (nSPS) is 19.7. The minimum Gasteiger partial charge on any atom is -0.353 e. The molecular weight excluding hydrogens is 322 g/mol. The van der Waals surface area contributed by atoms with E-state index >= 15 is 0 Å². The largest absolute Gasteiger partial charge is 0.353 e. The Bertz CT molecular complexity index is 747. The molecule has 0 bridgehead atoms. The van der Waals surface area contributed by atoms with Crippen LogP contribution in [0.5, 0.6) is 0 Å². The summed E-state index contributed by atoms with van der Waals surface area (Å²) in [7, 11) is 4.10. The molecule has 2 atom stereocenters. The molecule has 0 aliphatic heterocycles. The minimum absolute atomic E-state index is 0.421. The summed E-state index contributed by atoms with van der Waals surface area (Å²) in [6.45, 7) is 8.07. The molecule has 2 aromatic rings.